The molecule has 1 N–H and O–H groups in total. The normalized spacial score (nSPS) is 29.5. The molecular weight excluding hydrogens is 218 g/mol. The van der Waals surface area contributed by atoms with Gasteiger partial charge in [0.2, 0.25) is 0 Å². The summed E-state index contributed by atoms with van der Waals surface area (Å²) in [5.41, 5.74) is 1.27. The van der Waals surface area contributed by atoms with Crippen LogP contribution in [0.1, 0.15) is 37.3 Å². The van der Waals surface area contributed by atoms with Crippen molar-refractivity contribution < 1.29 is 4.21 Å². The number of rotatable bonds is 2. The fraction of sp³-hybridized carbons (Fsp3) is 0.538. The van der Waals surface area contributed by atoms with E-state index < -0.39 is 10.8 Å². The Hall–Kier alpha value is -0.670. The first kappa shape index (κ1) is 10.5. The molecular formula is C13H17NOS. The number of hydrogen-bond acceptors (Lipinski definition) is 2. The molecule has 0 amide bonds. The van der Waals surface area contributed by atoms with Gasteiger partial charge in [0.15, 0.2) is 0 Å². The van der Waals surface area contributed by atoms with Gasteiger partial charge >= 0.3 is 0 Å². The first-order valence-electron chi connectivity index (χ1n) is 6.08. The third kappa shape index (κ3) is 2.06. The predicted molar refractivity (Wildman–Crippen MR) is 65.9 cm³/mol. The van der Waals surface area contributed by atoms with Crippen molar-refractivity contribution in [2.24, 2.45) is 0 Å². The summed E-state index contributed by atoms with van der Waals surface area (Å²) in [6.45, 7) is 0. The summed E-state index contributed by atoms with van der Waals surface area (Å²) in [6.07, 6.45) is 4.80. The molecule has 0 bridgehead atoms. The Balaban J connectivity index is 1.94. The van der Waals surface area contributed by atoms with Gasteiger partial charge in [-0.3, -0.25) is 4.21 Å². The first-order chi connectivity index (χ1) is 7.84. The third-order valence-corrected chi connectivity index (χ3v) is 4.90. The molecule has 1 aromatic carbocycles. The molecule has 0 aromatic heterocycles. The van der Waals surface area contributed by atoms with Crippen LogP contribution in [0.5, 0.6) is 0 Å². The topological polar surface area (TPSA) is 29.1 Å². The van der Waals surface area contributed by atoms with Crippen LogP contribution in [0, 0.1) is 0 Å². The predicted octanol–water partition coefficient (Wildman–Crippen LogP) is 2.38. The molecule has 2 nitrogen and oxygen atoms in total. The maximum atomic E-state index is 12.0. The highest BCUT2D eigenvalue weighted by molar-refractivity contribution is 7.85. The molecule has 1 saturated carbocycles. The number of benzene rings is 1. The van der Waals surface area contributed by atoms with Crippen LogP contribution in [0.25, 0.3) is 0 Å². The molecule has 1 aliphatic carbocycles. The van der Waals surface area contributed by atoms with E-state index in [4.69, 9.17) is 0 Å². The number of hydrogen-bond donors (Lipinski definition) is 1. The van der Waals surface area contributed by atoms with E-state index in [-0.39, 0.29) is 0 Å². The Labute approximate surface area is 98.9 Å². The lowest BCUT2D eigenvalue weighted by Gasteiger charge is -2.18. The molecule has 0 spiro atoms. The molecule has 2 aliphatic rings. The minimum absolute atomic E-state index is 0.426. The summed E-state index contributed by atoms with van der Waals surface area (Å²) in [4.78, 5) is 1.05. The molecule has 1 fully saturated rings. The van der Waals surface area contributed by atoms with Crippen molar-refractivity contribution in [3.63, 3.8) is 0 Å². The number of fused-ring (bicyclic) bond motifs is 1. The minimum atomic E-state index is -0.788. The van der Waals surface area contributed by atoms with Gasteiger partial charge in [-0.2, -0.15) is 0 Å². The fourth-order valence-electron chi connectivity index (χ4n) is 2.37. The summed E-state index contributed by atoms with van der Waals surface area (Å²) in [6, 6.07) is 9.36. The Morgan fingerprint density at radius 1 is 1.19 bits per heavy atom. The molecule has 86 valence electrons. The second-order valence-electron chi connectivity index (χ2n) is 4.72. The monoisotopic (exact) mass is 235 g/mol. The maximum absolute atomic E-state index is 12.0. The van der Waals surface area contributed by atoms with Gasteiger partial charge in [-0.05, 0) is 37.3 Å². The van der Waals surface area contributed by atoms with Crippen LogP contribution in [0.2, 0.25) is 0 Å². The largest absolute Gasteiger partial charge is 0.307 e. The van der Waals surface area contributed by atoms with E-state index in [1.54, 1.807) is 0 Å². The zero-order valence-electron chi connectivity index (χ0n) is 9.32. The smallest absolute Gasteiger partial charge is 0.0532 e. The van der Waals surface area contributed by atoms with Gasteiger partial charge in [0, 0.05) is 22.7 Å². The van der Waals surface area contributed by atoms with Gasteiger partial charge in [0.05, 0.1) is 10.8 Å². The highest BCUT2D eigenvalue weighted by Gasteiger charge is 2.28. The lowest BCUT2D eigenvalue weighted by molar-refractivity contribution is 0.490. The van der Waals surface area contributed by atoms with Gasteiger partial charge in [0.25, 0.3) is 0 Å². The Bertz CT molecular complexity index is 414. The average molecular weight is 235 g/mol. The molecule has 2 atom stereocenters. The molecule has 1 aromatic rings. The van der Waals surface area contributed by atoms with E-state index in [1.165, 1.54) is 18.4 Å². The zero-order chi connectivity index (χ0) is 11.0. The fourth-order valence-corrected chi connectivity index (χ4v) is 3.72. The standard InChI is InChI=1S/C13H17NOS/c15-16-9-3-5-12(14-10-7-8-10)11-4-1-2-6-13(11)16/h1-2,4,6,10,12,14H,3,5,7-9H2. The first-order valence-corrected chi connectivity index (χ1v) is 7.40. The maximum Gasteiger partial charge on any atom is 0.0532 e. The van der Waals surface area contributed by atoms with Gasteiger partial charge in [0.1, 0.15) is 0 Å². The van der Waals surface area contributed by atoms with Crippen LogP contribution in [0.4, 0.5) is 0 Å². The summed E-state index contributed by atoms with van der Waals surface area (Å²) < 4.78 is 12.0. The molecule has 0 radical (unpaired) electrons. The summed E-state index contributed by atoms with van der Waals surface area (Å²) in [7, 11) is -0.788. The molecule has 0 saturated heterocycles. The van der Waals surface area contributed by atoms with Crippen molar-refractivity contribution in [1.82, 2.24) is 5.32 Å². The van der Waals surface area contributed by atoms with Crippen molar-refractivity contribution in [2.45, 2.75) is 42.7 Å². The minimum Gasteiger partial charge on any atom is -0.307 e. The van der Waals surface area contributed by atoms with Crippen molar-refractivity contribution in [3.05, 3.63) is 29.8 Å². The van der Waals surface area contributed by atoms with Crippen LogP contribution in [-0.2, 0) is 10.8 Å². The lowest BCUT2D eigenvalue weighted by atomic mass is 10.0. The number of nitrogens with one attached hydrogen (secondary N) is 1. The van der Waals surface area contributed by atoms with Crippen molar-refractivity contribution in [2.75, 3.05) is 5.75 Å². The van der Waals surface area contributed by atoms with E-state index >= 15 is 0 Å². The van der Waals surface area contributed by atoms with E-state index in [0.717, 1.165) is 23.5 Å². The second kappa shape index (κ2) is 4.30. The second-order valence-corrected chi connectivity index (χ2v) is 6.26. The highest BCUT2D eigenvalue weighted by atomic mass is 32.2. The van der Waals surface area contributed by atoms with Crippen LogP contribution in [0.15, 0.2) is 29.2 Å². The van der Waals surface area contributed by atoms with Crippen LogP contribution < -0.4 is 5.32 Å². The Morgan fingerprint density at radius 2 is 2.00 bits per heavy atom. The zero-order valence-corrected chi connectivity index (χ0v) is 10.1. The third-order valence-electron chi connectivity index (χ3n) is 3.38. The molecule has 16 heavy (non-hydrogen) atoms. The van der Waals surface area contributed by atoms with Crippen molar-refractivity contribution in [1.29, 1.82) is 0 Å². The summed E-state index contributed by atoms with van der Waals surface area (Å²) in [5, 5.41) is 3.68. The average Bonchev–Trinajstić information content (AvgIpc) is 3.11. The molecule has 2 unspecified atom stereocenters. The van der Waals surface area contributed by atoms with E-state index in [1.807, 2.05) is 12.1 Å². The molecule has 1 heterocycles. The quantitative estimate of drug-likeness (QED) is 0.852. The van der Waals surface area contributed by atoms with Gasteiger partial charge in [-0.1, -0.05) is 18.2 Å². The van der Waals surface area contributed by atoms with Crippen LogP contribution in [-0.4, -0.2) is 16.0 Å². The van der Waals surface area contributed by atoms with Crippen molar-refractivity contribution >= 4 is 10.8 Å². The Kier molecular flexibility index (Phi) is 2.82. The SMILES string of the molecule is O=S1CCCC(NC2CC2)c2ccccc21. The van der Waals surface area contributed by atoms with Gasteiger partial charge < -0.3 is 5.32 Å². The van der Waals surface area contributed by atoms with Gasteiger partial charge in [-0.15, -0.1) is 0 Å². The Morgan fingerprint density at radius 3 is 2.81 bits per heavy atom. The molecule has 3 rings (SSSR count). The summed E-state index contributed by atoms with van der Waals surface area (Å²) in [5.74, 6) is 0.819. The van der Waals surface area contributed by atoms with E-state index in [9.17, 15) is 4.21 Å². The lowest BCUT2D eigenvalue weighted by Crippen LogP contribution is -2.23. The van der Waals surface area contributed by atoms with Crippen LogP contribution in [0.3, 0.4) is 0 Å². The highest BCUT2D eigenvalue weighted by Crippen LogP contribution is 2.32. The summed E-state index contributed by atoms with van der Waals surface area (Å²) >= 11 is 0. The van der Waals surface area contributed by atoms with Gasteiger partial charge in [-0.25, -0.2) is 0 Å². The molecule has 1 aliphatic heterocycles. The molecule has 3 heteroatoms. The van der Waals surface area contributed by atoms with E-state index in [0.29, 0.717) is 12.1 Å². The van der Waals surface area contributed by atoms with Crippen molar-refractivity contribution in [3.8, 4) is 0 Å². The van der Waals surface area contributed by atoms with Crippen LogP contribution >= 0.6 is 0 Å². The van der Waals surface area contributed by atoms with E-state index in [2.05, 4.69) is 17.4 Å².